The van der Waals surface area contributed by atoms with Gasteiger partial charge in [0.25, 0.3) is 0 Å². The van der Waals surface area contributed by atoms with E-state index in [1.54, 1.807) is 57.7 Å². The molecule has 6 heteroatoms. The van der Waals surface area contributed by atoms with Crippen LogP contribution in [0.25, 0.3) is 6.08 Å². The third kappa shape index (κ3) is 4.97. The zero-order valence-corrected chi connectivity index (χ0v) is 16.9. The number of methoxy groups -OCH3 is 3. The molecule has 0 radical (unpaired) electrons. The topological polar surface area (TPSA) is 63.2 Å². The van der Waals surface area contributed by atoms with Crippen LogP contribution < -0.4 is 23.7 Å². The predicted octanol–water partition coefficient (Wildman–Crippen LogP) is 4.41. The summed E-state index contributed by atoms with van der Waals surface area (Å²) in [6.07, 6.45) is 3.14. The molecule has 0 N–H and O–H groups in total. The zero-order chi connectivity index (χ0) is 20.5. The number of rotatable bonds is 10. The summed E-state index contributed by atoms with van der Waals surface area (Å²) in [5.41, 5.74) is 1.12. The molecule has 2 aromatic rings. The molecule has 0 spiro atoms. The maximum atomic E-state index is 12.8. The molecule has 0 aliphatic rings. The van der Waals surface area contributed by atoms with Gasteiger partial charge in [0.1, 0.15) is 17.2 Å². The molecule has 0 heterocycles. The molecule has 150 valence electrons. The number of hydrogen-bond donors (Lipinski definition) is 0. The van der Waals surface area contributed by atoms with Crippen LogP contribution in [0.15, 0.2) is 36.4 Å². The molecule has 2 rings (SSSR count). The highest BCUT2D eigenvalue weighted by Gasteiger charge is 2.14. The summed E-state index contributed by atoms with van der Waals surface area (Å²) >= 11 is 0. The van der Waals surface area contributed by atoms with Gasteiger partial charge in [-0.3, -0.25) is 4.79 Å². The van der Waals surface area contributed by atoms with Crippen LogP contribution in [-0.2, 0) is 0 Å². The van der Waals surface area contributed by atoms with E-state index in [1.165, 1.54) is 6.08 Å². The Labute approximate surface area is 165 Å². The SMILES string of the molecule is CCOc1ccc(OCC)c(C(=O)/C=C/c2cc(OC)c(OC)cc2OC)c1. The minimum Gasteiger partial charge on any atom is -0.496 e. The second kappa shape index (κ2) is 10.3. The molecule has 0 bridgehead atoms. The van der Waals surface area contributed by atoms with E-state index in [2.05, 4.69) is 0 Å². The summed E-state index contributed by atoms with van der Waals surface area (Å²) in [4.78, 5) is 12.8. The molecule has 0 saturated carbocycles. The zero-order valence-electron chi connectivity index (χ0n) is 16.9. The summed E-state index contributed by atoms with van der Waals surface area (Å²) in [6.45, 7) is 4.73. The molecule has 0 atom stereocenters. The lowest BCUT2D eigenvalue weighted by Crippen LogP contribution is -2.03. The van der Waals surface area contributed by atoms with E-state index in [-0.39, 0.29) is 5.78 Å². The summed E-state index contributed by atoms with van der Waals surface area (Å²) < 4.78 is 27.1. The summed E-state index contributed by atoms with van der Waals surface area (Å²) in [6, 6.07) is 8.68. The Hall–Kier alpha value is -3.15. The summed E-state index contributed by atoms with van der Waals surface area (Å²) in [5.74, 6) is 2.58. The van der Waals surface area contributed by atoms with Crippen molar-refractivity contribution in [3.8, 4) is 28.7 Å². The normalized spacial score (nSPS) is 10.6. The molecule has 6 nitrogen and oxygen atoms in total. The van der Waals surface area contributed by atoms with Gasteiger partial charge in [0.05, 0.1) is 40.1 Å². The van der Waals surface area contributed by atoms with Gasteiger partial charge in [0.2, 0.25) is 0 Å². The van der Waals surface area contributed by atoms with Gasteiger partial charge in [-0.1, -0.05) is 0 Å². The van der Waals surface area contributed by atoms with E-state index in [1.807, 2.05) is 13.8 Å². The van der Waals surface area contributed by atoms with Crippen LogP contribution in [0.5, 0.6) is 28.7 Å². The fourth-order valence-corrected chi connectivity index (χ4v) is 2.68. The second-order valence-corrected chi connectivity index (χ2v) is 5.67. The fourth-order valence-electron chi connectivity index (χ4n) is 2.68. The van der Waals surface area contributed by atoms with Crippen molar-refractivity contribution < 1.29 is 28.5 Å². The Kier molecular flexibility index (Phi) is 7.75. The maximum absolute atomic E-state index is 12.8. The molecule has 0 amide bonds. The largest absolute Gasteiger partial charge is 0.496 e. The average molecular weight is 386 g/mol. The van der Waals surface area contributed by atoms with Crippen molar-refractivity contribution in [2.45, 2.75) is 13.8 Å². The van der Waals surface area contributed by atoms with Crippen molar-refractivity contribution in [2.75, 3.05) is 34.5 Å². The second-order valence-electron chi connectivity index (χ2n) is 5.67. The first-order valence-corrected chi connectivity index (χ1v) is 8.99. The first-order chi connectivity index (χ1) is 13.6. The molecular weight excluding hydrogens is 360 g/mol. The Balaban J connectivity index is 2.38. The molecular formula is C22H26O6. The van der Waals surface area contributed by atoms with Crippen LogP contribution >= 0.6 is 0 Å². The Morgan fingerprint density at radius 3 is 2.07 bits per heavy atom. The van der Waals surface area contributed by atoms with Gasteiger partial charge in [-0.2, -0.15) is 0 Å². The van der Waals surface area contributed by atoms with Gasteiger partial charge in [0.15, 0.2) is 17.3 Å². The van der Waals surface area contributed by atoms with Gasteiger partial charge in [-0.15, -0.1) is 0 Å². The molecule has 0 aliphatic heterocycles. The lowest BCUT2D eigenvalue weighted by atomic mass is 10.1. The maximum Gasteiger partial charge on any atom is 0.189 e. The van der Waals surface area contributed by atoms with E-state index in [0.717, 1.165) is 0 Å². The minimum absolute atomic E-state index is 0.207. The van der Waals surface area contributed by atoms with Crippen molar-refractivity contribution in [3.05, 3.63) is 47.5 Å². The number of carbonyl (C=O) groups is 1. The monoisotopic (exact) mass is 386 g/mol. The highest BCUT2D eigenvalue weighted by molar-refractivity contribution is 6.09. The fraction of sp³-hybridized carbons (Fsp3) is 0.318. The molecule has 0 fully saturated rings. The van der Waals surface area contributed by atoms with E-state index in [4.69, 9.17) is 23.7 Å². The molecule has 0 unspecified atom stereocenters. The van der Waals surface area contributed by atoms with Crippen molar-refractivity contribution >= 4 is 11.9 Å². The first-order valence-electron chi connectivity index (χ1n) is 8.99. The quantitative estimate of drug-likeness (QED) is 0.445. The van der Waals surface area contributed by atoms with Crippen LogP contribution in [-0.4, -0.2) is 40.3 Å². The molecule has 0 saturated heterocycles. The number of allylic oxidation sites excluding steroid dienone is 1. The lowest BCUT2D eigenvalue weighted by Gasteiger charge is -2.12. The van der Waals surface area contributed by atoms with Crippen LogP contribution in [0.1, 0.15) is 29.8 Å². The first kappa shape index (κ1) is 21.2. The predicted molar refractivity (Wildman–Crippen MR) is 108 cm³/mol. The van der Waals surface area contributed by atoms with Crippen molar-refractivity contribution in [2.24, 2.45) is 0 Å². The average Bonchev–Trinajstić information content (AvgIpc) is 2.72. The smallest absolute Gasteiger partial charge is 0.189 e. The number of benzene rings is 2. The highest BCUT2D eigenvalue weighted by atomic mass is 16.5. The minimum atomic E-state index is -0.207. The van der Waals surface area contributed by atoms with Gasteiger partial charge >= 0.3 is 0 Å². The molecule has 28 heavy (non-hydrogen) atoms. The van der Waals surface area contributed by atoms with Gasteiger partial charge in [0, 0.05) is 11.6 Å². The van der Waals surface area contributed by atoms with Crippen molar-refractivity contribution in [1.29, 1.82) is 0 Å². The van der Waals surface area contributed by atoms with Crippen molar-refractivity contribution in [3.63, 3.8) is 0 Å². The standard InChI is InChI=1S/C22H26O6/c1-6-27-16-9-11-19(28-7-2)17(13-16)18(23)10-8-15-12-21(25-4)22(26-5)14-20(15)24-3/h8-14H,6-7H2,1-5H3/b10-8+. The molecule has 2 aromatic carbocycles. The Morgan fingerprint density at radius 1 is 0.821 bits per heavy atom. The number of hydrogen-bond acceptors (Lipinski definition) is 6. The highest BCUT2D eigenvalue weighted by Crippen LogP contribution is 2.35. The third-order valence-corrected chi connectivity index (χ3v) is 3.98. The van der Waals surface area contributed by atoms with E-state index < -0.39 is 0 Å². The van der Waals surface area contributed by atoms with E-state index in [0.29, 0.717) is 53.1 Å². The van der Waals surface area contributed by atoms with Gasteiger partial charge in [-0.05, 0) is 50.3 Å². The van der Waals surface area contributed by atoms with Gasteiger partial charge < -0.3 is 23.7 Å². The van der Waals surface area contributed by atoms with Crippen molar-refractivity contribution in [1.82, 2.24) is 0 Å². The Morgan fingerprint density at radius 2 is 1.46 bits per heavy atom. The summed E-state index contributed by atoms with van der Waals surface area (Å²) in [5, 5.41) is 0. The summed E-state index contributed by atoms with van der Waals surface area (Å²) in [7, 11) is 4.66. The Bertz CT molecular complexity index is 841. The van der Waals surface area contributed by atoms with Gasteiger partial charge in [-0.25, -0.2) is 0 Å². The van der Waals surface area contributed by atoms with E-state index in [9.17, 15) is 4.79 Å². The van der Waals surface area contributed by atoms with Crippen LogP contribution in [0.2, 0.25) is 0 Å². The lowest BCUT2D eigenvalue weighted by molar-refractivity contribution is 0.104. The third-order valence-electron chi connectivity index (χ3n) is 3.98. The van der Waals surface area contributed by atoms with E-state index >= 15 is 0 Å². The molecule has 0 aliphatic carbocycles. The molecule has 0 aromatic heterocycles. The number of ether oxygens (including phenoxy) is 5. The van der Waals surface area contributed by atoms with Crippen LogP contribution in [0, 0.1) is 0 Å². The van der Waals surface area contributed by atoms with Crippen LogP contribution in [0.3, 0.4) is 0 Å². The number of carbonyl (C=O) groups excluding carboxylic acids is 1. The van der Waals surface area contributed by atoms with Crippen LogP contribution in [0.4, 0.5) is 0 Å². The number of ketones is 1.